The van der Waals surface area contributed by atoms with Gasteiger partial charge in [-0.15, -0.1) is 10.2 Å². The molecule has 1 unspecified atom stereocenters. The molecule has 2 aliphatic heterocycles. The standard InChI is InChI=1S/C13H12ClN3O2.C6H12FN.C2H6/c14-7-1-2-9(11(18)5-7)12-8-3-4-19-6-10(8)13(15)17-16-12;1-8-4-2-3-6(7)5-8;1-2/h1-2,5,18H,3-4,6H2,(H2,15,17);6H,2-5H2,1H3;1-2H3. The molecule has 0 radical (unpaired) electrons. The average Bonchev–Trinajstić information content (AvgIpc) is 2.71. The van der Waals surface area contributed by atoms with Crippen molar-refractivity contribution in [1.29, 1.82) is 0 Å². The van der Waals surface area contributed by atoms with Gasteiger partial charge >= 0.3 is 0 Å². The number of nitrogen functional groups attached to an aromatic ring is 1. The Hall–Kier alpha value is -1.96. The van der Waals surface area contributed by atoms with E-state index in [0.717, 1.165) is 30.5 Å². The van der Waals surface area contributed by atoms with Crippen LogP contribution in [0.15, 0.2) is 18.2 Å². The number of ether oxygens (including phenoxy) is 1. The zero-order chi connectivity index (χ0) is 21.4. The maximum Gasteiger partial charge on any atom is 0.151 e. The molecule has 0 bridgehead atoms. The lowest BCUT2D eigenvalue weighted by Gasteiger charge is -2.24. The number of benzene rings is 1. The van der Waals surface area contributed by atoms with E-state index in [0.29, 0.717) is 48.3 Å². The van der Waals surface area contributed by atoms with Crippen molar-refractivity contribution in [2.75, 3.05) is 32.5 Å². The first-order valence-corrected chi connectivity index (χ1v) is 10.4. The summed E-state index contributed by atoms with van der Waals surface area (Å²) in [4.78, 5) is 2.04. The maximum absolute atomic E-state index is 12.4. The molecule has 0 saturated carbocycles. The van der Waals surface area contributed by atoms with Crippen LogP contribution >= 0.6 is 11.6 Å². The number of piperidine rings is 1. The van der Waals surface area contributed by atoms with Crippen molar-refractivity contribution in [1.82, 2.24) is 15.1 Å². The quantitative estimate of drug-likeness (QED) is 0.712. The lowest BCUT2D eigenvalue weighted by Crippen LogP contribution is -2.32. The summed E-state index contributed by atoms with van der Waals surface area (Å²) in [5.41, 5.74) is 8.90. The van der Waals surface area contributed by atoms with Gasteiger partial charge in [0.25, 0.3) is 0 Å². The number of anilines is 1. The first-order chi connectivity index (χ1) is 14.0. The fraction of sp³-hybridized carbons (Fsp3) is 0.524. The van der Waals surface area contributed by atoms with E-state index in [1.807, 2.05) is 25.8 Å². The number of aromatic hydroxyl groups is 1. The summed E-state index contributed by atoms with van der Waals surface area (Å²) >= 11 is 5.84. The molecular formula is C21H30ClFN4O2. The van der Waals surface area contributed by atoms with Gasteiger partial charge in [-0.3, -0.25) is 0 Å². The molecule has 6 nitrogen and oxygen atoms in total. The predicted molar refractivity (Wildman–Crippen MR) is 115 cm³/mol. The third-order valence-electron chi connectivity index (χ3n) is 4.74. The number of alkyl halides is 1. The molecule has 2 aromatic rings. The van der Waals surface area contributed by atoms with Crippen LogP contribution < -0.4 is 5.73 Å². The average molecular weight is 425 g/mol. The van der Waals surface area contributed by atoms with Crippen LogP contribution in [0.1, 0.15) is 37.8 Å². The smallest absolute Gasteiger partial charge is 0.151 e. The Balaban J connectivity index is 0.000000252. The van der Waals surface area contributed by atoms with Crippen molar-refractivity contribution in [3.8, 4) is 17.0 Å². The summed E-state index contributed by atoms with van der Waals surface area (Å²) in [5, 5.41) is 18.5. The SMILES string of the molecule is CC.CN1CCCC(F)C1.Nc1nnc(-c2ccc(Cl)cc2O)c2c1COCC2. The minimum Gasteiger partial charge on any atom is -0.507 e. The molecule has 3 heterocycles. The highest BCUT2D eigenvalue weighted by molar-refractivity contribution is 6.30. The fourth-order valence-corrected chi connectivity index (χ4v) is 3.49. The summed E-state index contributed by atoms with van der Waals surface area (Å²) in [6.07, 6.45) is 1.93. The lowest BCUT2D eigenvalue weighted by molar-refractivity contribution is 0.111. The lowest BCUT2D eigenvalue weighted by atomic mass is 9.98. The Labute approximate surface area is 176 Å². The predicted octanol–water partition coefficient (Wildman–Crippen LogP) is 4.23. The van der Waals surface area contributed by atoms with Gasteiger partial charge in [-0.05, 0) is 56.6 Å². The fourth-order valence-electron chi connectivity index (χ4n) is 3.33. The van der Waals surface area contributed by atoms with Crippen molar-refractivity contribution >= 4 is 17.4 Å². The number of likely N-dealkylation sites (tertiary alicyclic amines) is 1. The van der Waals surface area contributed by atoms with Gasteiger partial charge < -0.3 is 20.5 Å². The summed E-state index contributed by atoms with van der Waals surface area (Å²) < 4.78 is 17.8. The number of phenolic OH excluding ortho intramolecular Hbond substituents is 1. The van der Waals surface area contributed by atoms with Gasteiger partial charge in [0, 0.05) is 22.7 Å². The summed E-state index contributed by atoms with van der Waals surface area (Å²) in [6.45, 7) is 6.75. The number of rotatable bonds is 1. The van der Waals surface area contributed by atoms with Gasteiger partial charge in [0.05, 0.1) is 13.2 Å². The number of aromatic nitrogens is 2. The molecule has 4 rings (SSSR count). The van der Waals surface area contributed by atoms with Crippen molar-refractivity contribution < 1.29 is 14.2 Å². The monoisotopic (exact) mass is 424 g/mol. The molecule has 0 spiro atoms. The largest absolute Gasteiger partial charge is 0.507 e. The van der Waals surface area contributed by atoms with Gasteiger partial charge in [0.2, 0.25) is 0 Å². The van der Waals surface area contributed by atoms with E-state index in [2.05, 4.69) is 10.2 Å². The molecule has 3 N–H and O–H groups in total. The van der Waals surface area contributed by atoms with E-state index in [9.17, 15) is 9.50 Å². The Morgan fingerprint density at radius 2 is 2.03 bits per heavy atom. The molecular weight excluding hydrogens is 395 g/mol. The Kier molecular flexibility index (Phi) is 9.07. The first kappa shape index (κ1) is 23.3. The number of nitrogens with two attached hydrogens (primary N) is 1. The normalized spacial score (nSPS) is 18.6. The van der Waals surface area contributed by atoms with Crippen LogP contribution in [0.2, 0.25) is 5.02 Å². The highest BCUT2D eigenvalue weighted by Gasteiger charge is 2.21. The minimum atomic E-state index is -0.561. The molecule has 2 aliphatic rings. The summed E-state index contributed by atoms with van der Waals surface area (Å²) in [6, 6.07) is 4.93. The summed E-state index contributed by atoms with van der Waals surface area (Å²) in [7, 11) is 1.96. The third kappa shape index (κ3) is 6.26. The number of phenols is 1. The van der Waals surface area contributed by atoms with E-state index in [4.69, 9.17) is 22.1 Å². The highest BCUT2D eigenvalue weighted by Crippen LogP contribution is 2.35. The van der Waals surface area contributed by atoms with Gasteiger partial charge in [0.15, 0.2) is 5.82 Å². The number of nitrogens with zero attached hydrogens (tertiary/aromatic N) is 3. The van der Waals surface area contributed by atoms with Crippen LogP contribution in [0, 0.1) is 0 Å². The van der Waals surface area contributed by atoms with E-state index in [1.165, 1.54) is 6.07 Å². The Morgan fingerprint density at radius 1 is 1.28 bits per heavy atom. The highest BCUT2D eigenvalue weighted by atomic mass is 35.5. The van der Waals surface area contributed by atoms with E-state index in [1.54, 1.807) is 12.1 Å². The molecule has 0 aliphatic carbocycles. The first-order valence-electron chi connectivity index (χ1n) is 9.99. The molecule has 1 fully saturated rings. The van der Waals surface area contributed by atoms with Crippen LogP contribution in [0.3, 0.4) is 0 Å². The van der Waals surface area contributed by atoms with Crippen molar-refractivity contribution in [3.63, 3.8) is 0 Å². The van der Waals surface area contributed by atoms with Crippen LogP contribution in [0.4, 0.5) is 10.2 Å². The molecule has 1 aromatic carbocycles. The number of hydrogen-bond acceptors (Lipinski definition) is 6. The third-order valence-corrected chi connectivity index (χ3v) is 4.98. The second-order valence-corrected chi connectivity index (χ2v) is 7.29. The molecule has 29 heavy (non-hydrogen) atoms. The van der Waals surface area contributed by atoms with Crippen LogP contribution in [-0.2, 0) is 17.8 Å². The van der Waals surface area contributed by atoms with E-state index in [-0.39, 0.29) is 5.75 Å². The zero-order valence-corrected chi connectivity index (χ0v) is 18.0. The molecule has 1 atom stereocenters. The Bertz CT molecular complexity index is 798. The van der Waals surface area contributed by atoms with E-state index < -0.39 is 6.17 Å². The van der Waals surface area contributed by atoms with Crippen molar-refractivity contribution in [2.45, 2.75) is 45.9 Å². The van der Waals surface area contributed by atoms with Crippen LogP contribution in [-0.4, -0.2) is 53.1 Å². The summed E-state index contributed by atoms with van der Waals surface area (Å²) in [5.74, 6) is 0.465. The van der Waals surface area contributed by atoms with Gasteiger partial charge in [-0.2, -0.15) is 0 Å². The second kappa shape index (κ2) is 11.3. The zero-order valence-electron chi connectivity index (χ0n) is 17.3. The van der Waals surface area contributed by atoms with Gasteiger partial charge in [-0.1, -0.05) is 25.4 Å². The second-order valence-electron chi connectivity index (χ2n) is 6.86. The maximum atomic E-state index is 12.4. The Morgan fingerprint density at radius 3 is 2.66 bits per heavy atom. The topological polar surface area (TPSA) is 84.5 Å². The minimum absolute atomic E-state index is 0.0836. The molecule has 1 saturated heterocycles. The number of fused-ring (bicyclic) bond motifs is 1. The van der Waals surface area contributed by atoms with Crippen molar-refractivity contribution in [2.24, 2.45) is 0 Å². The number of hydrogen-bond donors (Lipinski definition) is 2. The van der Waals surface area contributed by atoms with Gasteiger partial charge in [0.1, 0.15) is 17.6 Å². The van der Waals surface area contributed by atoms with Gasteiger partial charge in [-0.25, -0.2) is 4.39 Å². The molecule has 8 heteroatoms. The van der Waals surface area contributed by atoms with Crippen LogP contribution in [0.25, 0.3) is 11.3 Å². The molecule has 160 valence electrons. The van der Waals surface area contributed by atoms with Crippen molar-refractivity contribution in [3.05, 3.63) is 34.3 Å². The molecule has 1 aromatic heterocycles. The molecule has 0 amide bonds. The number of halogens is 2. The van der Waals surface area contributed by atoms with E-state index >= 15 is 0 Å². The van der Waals surface area contributed by atoms with Crippen LogP contribution in [0.5, 0.6) is 5.75 Å².